The standard InChI is InChI=1S/C19H26Cl2O2/c1-3-4-5-6-19(23-13(2)22)15-9-7-14(8-10-15)17-11-16(20)12-18(17)21/h7-10,16-19H,3-6,11-12H2,1-2H3/t16-,17-,18-,19?/m0/s1. The molecule has 0 N–H and O–H groups in total. The molecule has 0 saturated heterocycles. The van der Waals surface area contributed by atoms with Gasteiger partial charge in [-0.25, -0.2) is 0 Å². The fourth-order valence-corrected chi connectivity index (χ4v) is 4.24. The summed E-state index contributed by atoms with van der Waals surface area (Å²) in [6, 6.07) is 8.36. The molecule has 0 heterocycles. The molecule has 1 saturated carbocycles. The first-order valence-electron chi connectivity index (χ1n) is 8.56. The number of alkyl halides is 2. The van der Waals surface area contributed by atoms with Gasteiger partial charge >= 0.3 is 5.97 Å². The second kappa shape index (κ2) is 8.94. The minimum absolute atomic E-state index is 0.108. The average Bonchev–Trinajstić information content (AvgIpc) is 2.85. The fourth-order valence-electron chi connectivity index (χ4n) is 3.30. The summed E-state index contributed by atoms with van der Waals surface area (Å²) in [7, 11) is 0. The van der Waals surface area contributed by atoms with Gasteiger partial charge in [-0.1, -0.05) is 44.0 Å². The number of ether oxygens (including phenoxy) is 1. The molecule has 4 atom stereocenters. The fraction of sp³-hybridized carbons (Fsp3) is 0.632. The summed E-state index contributed by atoms with van der Waals surface area (Å²) >= 11 is 12.6. The third kappa shape index (κ3) is 5.39. The van der Waals surface area contributed by atoms with Crippen molar-refractivity contribution in [3.05, 3.63) is 35.4 Å². The van der Waals surface area contributed by atoms with Crippen molar-refractivity contribution in [3.63, 3.8) is 0 Å². The van der Waals surface area contributed by atoms with E-state index in [0.29, 0.717) is 5.92 Å². The van der Waals surface area contributed by atoms with Crippen LogP contribution >= 0.6 is 23.2 Å². The smallest absolute Gasteiger partial charge is 0.303 e. The second-order valence-electron chi connectivity index (χ2n) is 6.45. The predicted molar refractivity (Wildman–Crippen MR) is 96.3 cm³/mol. The Morgan fingerprint density at radius 2 is 1.91 bits per heavy atom. The van der Waals surface area contributed by atoms with Gasteiger partial charge < -0.3 is 4.74 Å². The highest BCUT2D eigenvalue weighted by molar-refractivity contribution is 6.25. The first kappa shape index (κ1) is 18.6. The van der Waals surface area contributed by atoms with Crippen molar-refractivity contribution < 1.29 is 9.53 Å². The van der Waals surface area contributed by atoms with Gasteiger partial charge in [-0.3, -0.25) is 4.79 Å². The Morgan fingerprint density at radius 1 is 1.22 bits per heavy atom. The summed E-state index contributed by atoms with van der Waals surface area (Å²) in [6.07, 6.45) is 5.90. The Kier molecular flexibility index (Phi) is 7.23. The zero-order valence-electron chi connectivity index (χ0n) is 13.9. The number of hydrogen-bond acceptors (Lipinski definition) is 2. The van der Waals surface area contributed by atoms with Crippen LogP contribution in [-0.2, 0) is 9.53 Å². The van der Waals surface area contributed by atoms with Crippen LogP contribution in [0.5, 0.6) is 0 Å². The van der Waals surface area contributed by atoms with Crippen molar-refractivity contribution in [2.24, 2.45) is 0 Å². The maximum Gasteiger partial charge on any atom is 0.303 e. The van der Waals surface area contributed by atoms with Gasteiger partial charge in [0.05, 0.1) is 0 Å². The molecule has 2 rings (SSSR count). The number of benzene rings is 1. The normalized spacial score (nSPS) is 25.3. The van der Waals surface area contributed by atoms with Crippen LogP contribution in [0.2, 0.25) is 0 Å². The minimum Gasteiger partial charge on any atom is -0.458 e. The zero-order chi connectivity index (χ0) is 16.8. The molecule has 2 nitrogen and oxygen atoms in total. The van der Waals surface area contributed by atoms with Gasteiger partial charge in [-0.15, -0.1) is 23.2 Å². The van der Waals surface area contributed by atoms with Crippen molar-refractivity contribution in [1.29, 1.82) is 0 Å². The van der Waals surface area contributed by atoms with Gasteiger partial charge in [0.2, 0.25) is 0 Å². The third-order valence-electron chi connectivity index (χ3n) is 4.54. The lowest BCUT2D eigenvalue weighted by molar-refractivity contribution is -0.147. The molecule has 0 aromatic heterocycles. The van der Waals surface area contributed by atoms with Crippen molar-refractivity contribution >= 4 is 29.2 Å². The molecule has 1 aliphatic carbocycles. The largest absolute Gasteiger partial charge is 0.458 e. The summed E-state index contributed by atoms with van der Waals surface area (Å²) in [5.41, 5.74) is 2.29. The van der Waals surface area contributed by atoms with Crippen LogP contribution in [0.1, 0.15) is 75.5 Å². The molecule has 0 aliphatic heterocycles. The molecular formula is C19H26Cl2O2. The number of rotatable bonds is 7. The maximum atomic E-state index is 11.4. The highest BCUT2D eigenvalue weighted by Crippen LogP contribution is 2.41. The lowest BCUT2D eigenvalue weighted by Gasteiger charge is -2.19. The number of unbranched alkanes of at least 4 members (excludes halogenated alkanes) is 2. The molecule has 1 unspecified atom stereocenters. The number of hydrogen-bond donors (Lipinski definition) is 0. The van der Waals surface area contributed by atoms with Crippen LogP contribution < -0.4 is 0 Å². The minimum atomic E-state index is -0.225. The Hall–Kier alpha value is -0.730. The number of esters is 1. The summed E-state index contributed by atoms with van der Waals surface area (Å²) in [5.74, 6) is 0.0951. The monoisotopic (exact) mass is 356 g/mol. The van der Waals surface area contributed by atoms with Crippen LogP contribution in [0, 0.1) is 0 Å². The van der Waals surface area contributed by atoms with Gasteiger partial charge in [0.25, 0.3) is 0 Å². The maximum absolute atomic E-state index is 11.4. The average molecular weight is 357 g/mol. The van der Waals surface area contributed by atoms with E-state index in [1.165, 1.54) is 12.5 Å². The number of carbonyl (C=O) groups excluding carboxylic acids is 1. The third-order valence-corrected chi connectivity index (χ3v) is 5.38. The van der Waals surface area contributed by atoms with Crippen LogP contribution in [0.4, 0.5) is 0 Å². The van der Waals surface area contributed by atoms with Crippen molar-refractivity contribution in [2.75, 3.05) is 0 Å². The van der Waals surface area contributed by atoms with Crippen molar-refractivity contribution in [3.8, 4) is 0 Å². The Morgan fingerprint density at radius 3 is 2.43 bits per heavy atom. The van der Waals surface area contributed by atoms with Crippen LogP contribution in [-0.4, -0.2) is 16.7 Å². The van der Waals surface area contributed by atoms with Gasteiger partial charge in [0.1, 0.15) is 6.10 Å². The van der Waals surface area contributed by atoms with E-state index in [2.05, 4.69) is 31.2 Å². The first-order valence-corrected chi connectivity index (χ1v) is 9.43. The van der Waals surface area contributed by atoms with E-state index >= 15 is 0 Å². The molecule has 0 spiro atoms. The van der Waals surface area contributed by atoms with E-state index in [1.54, 1.807) is 0 Å². The van der Waals surface area contributed by atoms with Crippen molar-refractivity contribution in [1.82, 2.24) is 0 Å². The first-order chi connectivity index (χ1) is 11.0. The topological polar surface area (TPSA) is 26.3 Å². The molecule has 1 fully saturated rings. The highest BCUT2D eigenvalue weighted by atomic mass is 35.5. The SMILES string of the molecule is CCCCCC(OC(C)=O)c1ccc([C@@H]2C[C@H](Cl)C[C@@H]2Cl)cc1. The van der Waals surface area contributed by atoms with Crippen LogP contribution in [0.25, 0.3) is 0 Å². The van der Waals surface area contributed by atoms with Gasteiger partial charge in [-0.2, -0.15) is 0 Å². The van der Waals surface area contributed by atoms with E-state index in [4.69, 9.17) is 27.9 Å². The molecule has 0 amide bonds. The lowest BCUT2D eigenvalue weighted by atomic mass is 9.94. The zero-order valence-corrected chi connectivity index (χ0v) is 15.4. The summed E-state index contributed by atoms with van der Waals surface area (Å²) < 4.78 is 5.50. The number of carbonyl (C=O) groups is 1. The Labute approximate surface area is 149 Å². The lowest BCUT2D eigenvalue weighted by Crippen LogP contribution is -2.10. The Balaban J connectivity index is 2.06. The van der Waals surface area contributed by atoms with E-state index in [1.807, 2.05) is 0 Å². The summed E-state index contributed by atoms with van der Waals surface area (Å²) in [6.45, 7) is 3.64. The molecule has 128 valence electrons. The van der Waals surface area contributed by atoms with Gasteiger partial charge in [-0.05, 0) is 36.8 Å². The van der Waals surface area contributed by atoms with E-state index in [0.717, 1.165) is 44.1 Å². The molecule has 4 heteroatoms. The molecule has 0 bridgehead atoms. The summed E-state index contributed by atoms with van der Waals surface area (Å²) in [5, 5.41) is 0.280. The van der Waals surface area contributed by atoms with E-state index in [-0.39, 0.29) is 22.8 Å². The molecule has 1 aliphatic rings. The predicted octanol–water partition coefficient (Wildman–Crippen LogP) is 5.96. The molecule has 23 heavy (non-hydrogen) atoms. The molecule has 1 aromatic carbocycles. The highest BCUT2D eigenvalue weighted by Gasteiger charge is 2.32. The molecule has 1 aromatic rings. The van der Waals surface area contributed by atoms with Crippen LogP contribution in [0.3, 0.4) is 0 Å². The van der Waals surface area contributed by atoms with Crippen LogP contribution in [0.15, 0.2) is 24.3 Å². The van der Waals surface area contributed by atoms with E-state index < -0.39 is 0 Å². The Bertz CT molecular complexity index is 501. The quantitative estimate of drug-likeness (QED) is 0.342. The molecular weight excluding hydrogens is 331 g/mol. The molecule has 0 radical (unpaired) electrons. The number of halogens is 2. The van der Waals surface area contributed by atoms with Crippen molar-refractivity contribution in [2.45, 2.75) is 75.1 Å². The van der Waals surface area contributed by atoms with E-state index in [9.17, 15) is 4.79 Å². The summed E-state index contributed by atoms with van der Waals surface area (Å²) in [4.78, 5) is 11.4. The second-order valence-corrected chi connectivity index (χ2v) is 7.63. The van der Waals surface area contributed by atoms with Gasteiger partial charge in [0, 0.05) is 23.6 Å². The van der Waals surface area contributed by atoms with Gasteiger partial charge in [0.15, 0.2) is 0 Å².